The lowest BCUT2D eigenvalue weighted by molar-refractivity contribution is -0.141. The highest BCUT2D eigenvalue weighted by Gasteiger charge is 2.33. The van der Waals surface area contributed by atoms with Crippen LogP contribution >= 0.6 is 11.6 Å². The molecule has 0 aliphatic rings. The molecule has 2 aromatic rings. The van der Waals surface area contributed by atoms with Gasteiger partial charge in [0.05, 0.1) is 18.9 Å². The zero-order chi connectivity index (χ0) is 27.3. The summed E-state index contributed by atoms with van der Waals surface area (Å²) in [5, 5.41) is 0. The second-order valence-electron chi connectivity index (χ2n) is 9.91. The Hall–Kier alpha value is -1.36. The van der Waals surface area contributed by atoms with E-state index in [2.05, 4.69) is 49.3 Å². The van der Waals surface area contributed by atoms with Gasteiger partial charge in [0, 0.05) is 35.6 Å². The summed E-state index contributed by atoms with van der Waals surface area (Å²) >= 11 is 5.32. The van der Waals surface area contributed by atoms with Gasteiger partial charge in [-0.15, -0.1) is 0 Å². The summed E-state index contributed by atoms with van der Waals surface area (Å²) in [4.78, 5) is 8.44. The Morgan fingerprint density at radius 1 is 0.914 bits per heavy atom. The number of hydrogen-bond donors (Lipinski definition) is 1. The largest absolute Gasteiger partial charge is 0.434 e. The molecule has 0 aromatic carbocycles. The number of ether oxygens (including phenoxy) is 2. The molecular formula is C20H35ClF6N4O2Si2. The van der Waals surface area contributed by atoms with Crippen molar-refractivity contribution in [3.05, 3.63) is 36.4 Å². The van der Waals surface area contributed by atoms with Gasteiger partial charge in [-0.3, -0.25) is 0 Å². The molecule has 0 fully saturated rings. The van der Waals surface area contributed by atoms with E-state index in [1.54, 1.807) is 0 Å². The van der Waals surface area contributed by atoms with E-state index in [1.165, 1.54) is 10.6 Å². The Bertz CT molecular complexity index is 804. The molecule has 0 bridgehead atoms. The van der Waals surface area contributed by atoms with Crippen LogP contribution in [-0.4, -0.2) is 54.9 Å². The topological polar surface area (TPSA) is 65.0 Å². The Balaban J connectivity index is 0.000000543. The van der Waals surface area contributed by atoms with Crippen LogP contribution in [0.4, 0.5) is 26.3 Å². The summed E-state index contributed by atoms with van der Waals surface area (Å²) in [6, 6.07) is 2.54. The Morgan fingerprint density at radius 3 is 1.80 bits per heavy atom. The van der Waals surface area contributed by atoms with E-state index in [1.807, 2.05) is 4.98 Å². The average Bonchev–Trinajstić information content (AvgIpc) is 3.36. The second kappa shape index (κ2) is 15.0. The Labute approximate surface area is 209 Å². The number of aromatic nitrogens is 4. The molecule has 6 nitrogen and oxygen atoms in total. The van der Waals surface area contributed by atoms with Crippen LogP contribution in [0.5, 0.6) is 0 Å². The van der Waals surface area contributed by atoms with Crippen LogP contribution in [0.3, 0.4) is 0 Å². The van der Waals surface area contributed by atoms with E-state index in [9.17, 15) is 26.3 Å². The molecule has 35 heavy (non-hydrogen) atoms. The SMILES string of the molecule is C[Si](C)(C)CCOCCl.C[Si](C)(C)CCOCn1cnc(C(F)(F)F)c1.FC(F)(F)c1cnc[nH]1. The van der Waals surface area contributed by atoms with Gasteiger partial charge in [0.1, 0.15) is 18.5 Å². The van der Waals surface area contributed by atoms with Gasteiger partial charge in [-0.25, -0.2) is 9.97 Å². The quantitative estimate of drug-likeness (QED) is 0.151. The third-order valence-electron chi connectivity index (χ3n) is 4.04. The summed E-state index contributed by atoms with van der Waals surface area (Å²) in [6.45, 7) is 15.2. The maximum absolute atomic E-state index is 12.2. The van der Waals surface area contributed by atoms with Gasteiger partial charge >= 0.3 is 12.4 Å². The van der Waals surface area contributed by atoms with Gasteiger partial charge in [-0.05, 0) is 12.1 Å². The highest BCUT2D eigenvalue weighted by molar-refractivity contribution is 6.76. The predicted molar refractivity (Wildman–Crippen MR) is 130 cm³/mol. The normalized spacial score (nSPS) is 12.5. The molecule has 0 spiro atoms. The van der Waals surface area contributed by atoms with Crippen LogP contribution in [0.2, 0.25) is 51.4 Å². The molecule has 0 atom stereocenters. The molecule has 1 N–H and O–H groups in total. The smallest absolute Gasteiger partial charge is 0.366 e. The standard InChI is InChI=1S/C10H17F3N2OSi.C6H15ClOSi.C4H3F3N2/c1-17(2,3)5-4-16-8-15-6-9(14-7-15)10(11,12)13;1-9(2,3)5-4-8-6-7;5-4(6,7)3-1-8-2-9-3/h6-7H,4-5,8H2,1-3H3;4-6H2,1-3H3;1-2H,(H,8,9). The number of nitrogens with one attached hydrogen (secondary N) is 1. The van der Waals surface area contributed by atoms with Crippen molar-refractivity contribution in [2.45, 2.75) is 70.5 Å². The molecule has 15 heteroatoms. The zero-order valence-corrected chi connectivity index (χ0v) is 23.6. The van der Waals surface area contributed by atoms with E-state index < -0.39 is 39.9 Å². The molecular weight excluding hydrogens is 534 g/mol. The highest BCUT2D eigenvalue weighted by atomic mass is 35.5. The van der Waals surface area contributed by atoms with E-state index in [0.29, 0.717) is 12.7 Å². The average molecular weight is 569 g/mol. The van der Waals surface area contributed by atoms with Crippen LogP contribution in [0.15, 0.2) is 25.0 Å². The van der Waals surface area contributed by atoms with Crippen molar-refractivity contribution in [1.82, 2.24) is 19.5 Å². The maximum atomic E-state index is 12.2. The van der Waals surface area contributed by atoms with Crippen LogP contribution in [0.1, 0.15) is 11.4 Å². The van der Waals surface area contributed by atoms with Gasteiger partial charge in [0.25, 0.3) is 0 Å². The second-order valence-corrected chi connectivity index (χ2v) is 21.4. The van der Waals surface area contributed by atoms with Gasteiger partial charge in [-0.1, -0.05) is 50.9 Å². The van der Waals surface area contributed by atoms with Gasteiger partial charge in [0.2, 0.25) is 0 Å². The van der Waals surface area contributed by atoms with Gasteiger partial charge < -0.3 is 19.0 Å². The molecule has 2 aromatic heterocycles. The minimum Gasteiger partial charge on any atom is -0.366 e. The van der Waals surface area contributed by atoms with E-state index >= 15 is 0 Å². The van der Waals surface area contributed by atoms with Crippen molar-refractivity contribution in [1.29, 1.82) is 0 Å². The fourth-order valence-corrected chi connectivity index (χ4v) is 3.59. The molecule has 0 amide bonds. The lowest BCUT2D eigenvalue weighted by Gasteiger charge is -2.15. The number of H-pyrrole nitrogens is 1. The lowest BCUT2D eigenvalue weighted by atomic mass is 10.5. The first kappa shape index (κ1) is 33.6. The summed E-state index contributed by atoms with van der Waals surface area (Å²) < 4.78 is 83.0. The molecule has 2 heterocycles. The number of nitrogens with zero attached hydrogens (tertiary/aromatic N) is 3. The fraction of sp³-hybridized carbons (Fsp3) is 0.700. The molecule has 0 aliphatic heterocycles. The number of hydrogen-bond acceptors (Lipinski definition) is 4. The van der Waals surface area contributed by atoms with Crippen molar-refractivity contribution in [3.8, 4) is 0 Å². The van der Waals surface area contributed by atoms with Crippen molar-refractivity contribution in [2.75, 3.05) is 19.3 Å². The monoisotopic (exact) mass is 568 g/mol. The molecule has 0 unspecified atom stereocenters. The number of imidazole rings is 2. The van der Waals surface area contributed by atoms with E-state index in [0.717, 1.165) is 37.7 Å². The first-order chi connectivity index (χ1) is 15.8. The number of alkyl halides is 7. The first-order valence-electron chi connectivity index (χ1n) is 10.7. The van der Waals surface area contributed by atoms with Gasteiger partial charge in [0.15, 0.2) is 5.69 Å². The number of rotatable bonds is 9. The third kappa shape index (κ3) is 18.6. The van der Waals surface area contributed by atoms with E-state index in [-0.39, 0.29) is 6.73 Å². The summed E-state index contributed by atoms with van der Waals surface area (Å²) in [7, 11) is -2.03. The highest BCUT2D eigenvalue weighted by Crippen LogP contribution is 2.27. The lowest BCUT2D eigenvalue weighted by Crippen LogP contribution is -2.21. The third-order valence-corrected chi connectivity index (χ3v) is 7.60. The minimum atomic E-state index is -4.39. The predicted octanol–water partition coefficient (Wildman–Crippen LogP) is 7.18. The summed E-state index contributed by atoms with van der Waals surface area (Å²) in [5.41, 5.74) is -1.70. The fourth-order valence-electron chi connectivity index (χ4n) is 1.97. The Kier molecular flexibility index (Phi) is 14.4. The zero-order valence-electron chi connectivity index (χ0n) is 20.9. The first-order valence-corrected chi connectivity index (χ1v) is 18.7. The summed E-state index contributed by atoms with van der Waals surface area (Å²) in [5.74, 6) is 0. The van der Waals surface area contributed by atoms with Crippen molar-refractivity contribution in [3.63, 3.8) is 0 Å². The van der Waals surface area contributed by atoms with E-state index in [4.69, 9.17) is 21.1 Å². The van der Waals surface area contributed by atoms with Crippen molar-refractivity contribution in [2.24, 2.45) is 0 Å². The minimum absolute atomic E-state index is 0.119. The molecule has 204 valence electrons. The molecule has 0 saturated carbocycles. The molecule has 2 rings (SSSR count). The molecule has 0 saturated heterocycles. The number of halogens is 7. The Morgan fingerprint density at radius 2 is 1.46 bits per heavy atom. The molecule has 0 radical (unpaired) electrons. The summed E-state index contributed by atoms with van der Waals surface area (Å²) in [6.07, 6.45) is -4.87. The van der Waals surface area contributed by atoms with Crippen LogP contribution in [-0.2, 0) is 28.6 Å². The number of aromatic amines is 1. The molecule has 0 aliphatic carbocycles. The van der Waals surface area contributed by atoms with Gasteiger partial charge in [-0.2, -0.15) is 26.3 Å². The maximum Gasteiger partial charge on any atom is 0.434 e. The van der Waals surface area contributed by atoms with Crippen LogP contribution in [0, 0.1) is 0 Å². The van der Waals surface area contributed by atoms with Crippen molar-refractivity contribution >= 4 is 27.7 Å². The van der Waals surface area contributed by atoms with Crippen LogP contribution in [0.25, 0.3) is 0 Å². The van der Waals surface area contributed by atoms with Crippen LogP contribution < -0.4 is 0 Å². The van der Waals surface area contributed by atoms with Crippen molar-refractivity contribution < 1.29 is 35.8 Å².